The largest absolute Gasteiger partial charge is 0.128 e. The van der Waals surface area contributed by atoms with E-state index >= 15 is 0 Å². The van der Waals surface area contributed by atoms with Crippen LogP contribution >= 0.6 is 0 Å². The molecular weight excluding hydrogens is 368 g/mol. The van der Waals surface area contributed by atoms with E-state index in [4.69, 9.17) is 0 Å². The lowest BCUT2D eigenvalue weighted by Crippen LogP contribution is -2.64. The monoisotopic (exact) mass is 404 g/mol. The Morgan fingerprint density at radius 2 is 1.29 bits per heavy atom. The van der Waals surface area contributed by atoms with Gasteiger partial charge >= 0.3 is 0 Å². The van der Waals surface area contributed by atoms with Crippen LogP contribution in [-0.4, -0.2) is 16.1 Å². The maximum absolute atomic E-state index is 2.59. The van der Waals surface area contributed by atoms with Crippen LogP contribution in [0.1, 0.15) is 33.3 Å². The quantitative estimate of drug-likeness (QED) is 0.566. The summed E-state index contributed by atoms with van der Waals surface area (Å²) in [5.74, 6) is 0. The molecule has 0 nitrogen and oxygen atoms in total. The molecule has 2 unspecified atom stereocenters. The smallest absolute Gasteiger partial charge is 0.0733 e. The highest BCUT2D eigenvalue weighted by atomic mass is 28.3. The summed E-state index contributed by atoms with van der Waals surface area (Å²) >= 11 is 0. The molecule has 148 valence electrons. The normalized spacial score (nSPS) is 22.2. The van der Waals surface area contributed by atoms with E-state index in [9.17, 15) is 0 Å². The third-order valence-electron chi connectivity index (χ3n) is 7.35. The van der Waals surface area contributed by atoms with Gasteiger partial charge in [0.25, 0.3) is 0 Å². The predicted molar refractivity (Wildman–Crippen MR) is 132 cm³/mol. The molecule has 2 aromatic carbocycles. The van der Waals surface area contributed by atoms with Crippen LogP contribution in [-0.2, 0) is 0 Å². The zero-order valence-corrected chi connectivity index (χ0v) is 21.2. The second kappa shape index (κ2) is 7.00. The molecule has 0 saturated carbocycles. The maximum atomic E-state index is 2.59. The molecular formula is C26H36Si2. The fourth-order valence-corrected chi connectivity index (χ4v) is 11.1. The van der Waals surface area contributed by atoms with Crippen LogP contribution in [0, 0.1) is 6.92 Å². The summed E-state index contributed by atoms with van der Waals surface area (Å²) in [7, 11) is -3.48. The first-order valence-corrected chi connectivity index (χ1v) is 16.5. The zero-order chi connectivity index (χ0) is 20.9. The number of allylic oxidation sites excluding steroid dienone is 4. The van der Waals surface area contributed by atoms with Crippen molar-refractivity contribution in [2.45, 2.75) is 65.8 Å². The van der Waals surface area contributed by atoms with Crippen molar-refractivity contribution in [3.05, 3.63) is 76.9 Å². The molecule has 0 bridgehead atoms. The Bertz CT molecular complexity index is 960. The highest BCUT2D eigenvalue weighted by Crippen LogP contribution is 2.52. The summed E-state index contributed by atoms with van der Waals surface area (Å²) < 4.78 is 0. The second-order valence-electron chi connectivity index (χ2n) is 10.1. The molecule has 1 aliphatic rings. The third-order valence-corrected chi connectivity index (χ3v) is 14.9. The lowest BCUT2D eigenvalue weighted by atomic mass is 10.0. The van der Waals surface area contributed by atoms with E-state index in [1.807, 2.05) is 0 Å². The molecule has 2 atom stereocenters. The summed E-state index contributed by atoms with van der Waals surface area (Å²) in [6.45, 7) is 21.7. The molecule has 1 aliphatic carbocycles. The van der Waals surface area contributed by atoms with E-state index in [0.717, 1.165) is 0 Å². The summed E-state index contributed by atoms with van der Waals surface area (Å²) in [6.07, 6.45) is 2.58. The molecule has 0 spiro atoms. The molecule has 0 saturated heterocycles. The molecule has 0 fully saturated rings. The first-order chi connectivity index (χ1) is 12.9. The van der Waals surface area contributed by atoms with E-state index in [0.29, 0.717) is 0 Å². The van der Waals surface area contributed by atoms with Gasteiger partial charge in [-0.2, -0.15) is 0 Å². The third kappa shape index (κ3) is 3.21. The van der Waals surface area contributed by atoms with Crippen LogP contribution in [0.4, 0.5) is 0 Å². The Kier molecular flexibility index (Phi) is 5.27. The summed E-state index contributed by atoms with van der Waals surface area (Å²) in [6, 6.07) is 18.8. The molecule has 3 rings (SSSR count). The molecule has 2 aromatic rings. The van der Waals surface area contributed by atoms with Crippen molar-refractivity contribution in [1.82, 2.24) is 0 Å². The summed E-state index contributed by atoms with van der Waals surface area (Å²) in [5.41, 5.74) is 5.90. The van der Waals surface area contributed by atoms with Gasteiger partial charge < -0.3 is 0 Å². The van der Waals surface area contributed by atoms with Crippen LogP contribution in [0.2, 0.25) is 31.2 Å². The van der Waals surface area contributed by atoms with E-state index in [1.165, 1.54) is 21.9 Å². The SMILES string of the molecule is CC1=CC(C)([Si](C)(c2ccccc2)c2cc(C)cc([Si](C)(C)C)c2)C(C)=C1C. The summed E-state index contributed by atoms with van der Waals surface area (Å²) in [4.78, 5) is 0. The van der Waals surface area contributed by atoms with Gasteiger partial charge in [-0.15, -0.1) is 0 Å². The van der Waals surface area contributed by atoms with Crippen LogP contribution < -0.4 is 15.6 Å². The van der Waals surface area contributed by atoms with Crippen LogP contribution in [0.15, 0.2) is 71.3 Å². The van der Waals surface area contributed by atoms with Gasteiger partial charge in [-0.3, -0.25) is 0 Å². The Morgan fingerprint density at radius 1 is 0.714 bits per heavy atom. The van der Waals surface area contributed by atoms with E-state index < -0.39 is 16.1 Å². The molecule has 2 heteroatoms. The van der Waals surface area contributed by atoms with Crippen molar-refractivity contribution in [2.75, 3.05) is 0 Å². The van der Waals surface area contributed by atoms with Crippen molar-refractivity contribution in [3.8, 4) is 0 Å². The molecule has 28 heavy (non-hydrogen) atoms. The number of rotatable bonds is 4. The second-order valence-corrected chi connectivity index (χ2v) is 19.6. The van der Waals surface area contributed by atoms with Gasteiger partial charge in [-0.1, -0.05) is 120 Å². The van der Waals surface area contributed by atoms with Gasteiger partial charge in [-0.25, -0.2) is 0 Å². The maximum Gasteiger partial charge on any atom is 0.128 e. The van der Waals surface area contributed by atoms with Gasteiger partial charge in [0.15, 0.2) is 0 Å². The molecule has 0 radical (unpaired) electrons. The van der Waals surface area contributed by atoms with Gasteiger partial charge in [0.05, 0.1) is 8.07 Å². The van der Waals surface area contributed by atoms with Crippen molar-refractivity contribution in [3.63, 3.8) is 0 Å². The lowest BCUT2D eigenvalue weighted by Gasteiger charge is -2.44. The van der Waals surface area contributed by atoms with Crippen molar-refractivity contribution < 1.29 is 0 Å². The topological polar surface area (TPSA) is 0 Å². The molecule has 0 aromatic heterocycles. The molecule has 0 amide bonds. The van der Waals surface area contributed by atoms with Crippen LogP contribution in [0.5, 0.6) is 0 Å². The average Bonchev–Trinajstić information content (AvgIpc) is 2.84. The Hall–Kier alpha value is -1.65. The highest BCUT2D eigenvalue weighted by molar-refractivity contribution is 7.04. The molecule has 0 N–H and O–H groups in total. The Morgan fingerprint density at radius 3 is 1.79 bits per heavy atom. The van der Waals surface area contributed by atoms with E-state index in [1.54, 1.807) is 15.9 Å². The van der Waals surface area contributed by atoms with Gasteiger partial charge in [0, 0.05) is 5.04 Å². The number of hydrogen-bond acceptors (Lipinski definition) is 0. The van der Waals surface area contributed by atoms with Crippen molar-refractivity contribution >= 4 is 31.7 Å². The molecule has 0 aliphatic heterocycles. The number of aryl methyl sites for hydroxylation is 1. The minimum Gasteiger partial charge on any atom is -0.0733 e. The minimum absolute atomic E-state index is 0.0903. The first kappa shape index (κ1) is 21.1. The van der Waals surface area contributed by atoms with Gasteiger partial charge in [0.1, 0.15) is 8.07 Å². The number of hydrogen-bond donors (Lipinski definition) is 0. The van der Waals surface area contributed by atoms with Crippen LogP contribution in [0.25, 0.3) is 0 Å². The summed E-state index contributed by atoms with van der Waals surface area (Å²) in [5, 5.41) is 4.78. The fourth-order valence-electron chi connectivity index (χ4n) is 4.90. The fraction of sp³-hybridized carbons (Fsp3) is 0.385. The van der Waals surface area contributed by atoms with Crippen LogP contribution in [0.3, 0.4) is 0 Å². The Balaban J connectivity index is 2.37. The van der Waals surface area contributed by atoms with Gasteiger partial charge in [-0.05, 0) is 33.3 Å². The zero-order valence-electron chi connectivity index (χ0n) is 19.2. The minimum atomic E-state index is -2.09. The predicted octanol–water partition coefficient (Wildman–Crippen LogP) is 5.79. The van der Waals surface area contributed by atoms with Crippen molar-refractivity contribution in [1.29, 1.82) is 0 Å². The highest BCUT2D eigenvalue weighted by Gasteiger charge is 2.51. The van der Waals surface area contributed by atoms with Crippen molar-refractivity contribution in [2.24, 2.45) is 0 Å². The molecule has 0 heterocycles. The lowest BCUT2D eigenvalue weighted by molar-refractivity contribution is 0.865. The number of benzene rings is 2. The first-order valence-electron chi connectivity index (χ1n) is 10.5. The van der Waals surface area contributed by atoms with E-state index in [-0.39, 0.29) is 5.04 Å². The average molecular weight is 405 g/mol. The standard InChI is InChI=1S/C26H36Si2/c1-19-15-24(27(6,7)8)17-25(16-19)28(9,23-13-11-10-12-14-23)26(5)18-20(2)21(3)22(26)4/h10-18H,1-9H3. The van der Waals surface area contributed by atoms with Gasteiger partial charge in [0.2, 0.25) is 0 Å². The Labute approximate surface area is 174 Å². The van der Waals surface area contributed by atoms with E-state index in [2.05, 4.69) is 115 Å².